The first-order valence-corrected chi connectivity index (χ1v) is 9.13. The number of thioether (sulfide) groups is 1. The van der Waals surface area contributed by atoms with Gasteiger partial charge in [0, 0.05) is 23.5 Å². The number of rotatable bonds is 6. The van der Waals surface area contributed by atoms with Crippen molar-refractivity contribution in [3.63, 3.8) is 0 Å². The molecule has 1 atom stereocenters. The van der Waals surface area contributed by atoms with Crippen molar-refractivity contribution in [1.29, 1.82) is 0 Å². The number of benzene rings is 1. The number of ether oxygens (including phenoxy) is 1. The molecule has 1 amide bonds. The minimum absolute atomic E-state index is 0.00912. The molecule has 1 aliphatic heterocycles. The van der Waals surface area contributed by atoms with E-state index in [0.717, 1.165) is 30.8 Å². The summed E-state index contributed by atoms with van der Waals surface area (Å²) in [7, 11) is 1.58. The van der Waals surface area contributed by atoms with Gasteiger partial charge >= 0.3 is 0 Å². The van der Waals surface area contributed by atoms with E-state index in [4.69, 9.17) is 4.74 Å². The number of hydrogen-bond donors (Lipinski definition) is 0. The van der Waals surface area contributed by atoms with E-state index < -0.39 is 0 Å². The first-order chi connectivity index (χ1) is 11.0. The molecule has 126 valence electrons. The molecule has 1 aromatic carbocycles. The second-order valence-corrected chi connectivity index (χ2v) is 6.98. The lowest BCUT2D eigenvalue weighted by Crippen LogP contribution is -2.40. The fourth-order valence-electron chi connectivity index (χ4n) is 2.86. The highest BCUT2D eigenvalue weighted by Crippen LogP contribution is 2.31. The molecule has 0 spiro atoms. The zero-order valence-electron chi connectivity index (χ0n) is 14.1. The number of nitrogens with zero attached hydrogens (tertiary/aromatic N) is 1. The third-order valence-corrected chi connectivity index (χ3v) is 5.41. The summed E-state index contributed by atoms with van der Waals surface area (Å²) in [6.07, 6.45) is 3.47. The van der Waals surface area contributed by atoms with Crippen LogP contribution in [0.3, 0.4) is 0 Å². The van der Waals surface area contributed by atoms with Crippen LogP contribution in [0.5, 0.6) is 5.75 Å². The first kappa shape index (κ1) is 17.9. The van der Waals surface area contributed by atoms with Crippen LogP contribution in [-0.2, 0) is 4.79 Å². The van der Waals surface area contributed by atoms with E-state index in [-0.39, 0.29) is 11.7 Å². The van der Waals surface area contributed by atoms with Crippen molar-refractivity contribution in [2.24, 2.45) is 5.92 Å². The van der Waals surface area contributed by atoms with Crippen LogP contribution in [0.2, 0.25) is 0 Å². The molecule has 1 aliphatic rings. The van der Waals surface area contributed by atoms with Gasteiger partial charge in [-0.2, -0.15) is 0 Å². The smallest absolute Gasteiger partial charge is 0.232 e. The molecule has 1 saturated heterocycles. The van der Waals surface area contributed by atoms with Gasteiger partial charge in [0.2, 0.25) is 5.91 Å². The Morgan fingerprint density at radius 2 is 2.17 bits per heavy atom. The van der Waals surface area contributed by atoms with Gasteiger partial charge < -0.3 is 9.64 Å². The number of carbonyl (C=O) groups excluding carboxylic acids is 2. The van der Waals surface area contributed by atoms with Crippen molar-refractivity contribution < 1.29 is 14.3 Å². The van der Waals surface area contributed by atoms with E-state index in [1.165, 1.54) is 25.1 Å². The molecule has 5 heteroatoms. The Bertz CT molecular complexity index is 573. The number of hydrogen-bond acceptors (Lipinski definition) is 4. The zero-order valence-corrected chi connectivity index (χ0v) is 14.9. The molecule has 0 N–H and O–H groups in total. The zero-order chi connectivity index (χ0) is 16.8. The predicted molar refractivity (Wildman–Crippen MR) is 93.3 cm³/mol. The molecule has 0 aromatic heterocycles. The standard InChI is InChI=1S/C18H25NO3S/c1-4-14-6-5-9-19(11-14)18(21)12-23-17-8-7-15(13(2)20)10-16(17)22-3/h7-8,10,14H,4-6,9,11-12H2,1-3H3. The third-order valence-electron chi connectivity index (χ3n) is 4.37. The molecule has 1 fully saturated rings. The van der Waals surface area contributed by atoms with Gasteiger partial charge in [0.25, 0.3) is 0 Å². The van der Waals surface area contributed by atoms with Crippen molar-refractivity contribution in [2.75, 3.05) is 26.0 Å². The number of methoxy groups -OCH3 is 1. The van der Waals surface area contributed by atoms with Gasteiger partial charge in [0.1, 0.15) is 5.75 Å². The van der Waals surface area contributed by atoms with E-state index in [0.29, 0.717) is 23.0 Å². The summed E-state index contributed by atoms with van der Waals surface area (Å²) >= 11 is 1.48. The molecular formula is C18H25NO3S. The summed E-state index contributed by atoms with van der Waals surface area (Å²) in [6, 6.07) is 5.38. The van der Waals surface area contributed by atoms with Crippen LogP contribution in [0.25, 0.3) is 0 Å². The summed E-state index contributed by atoms with van der Waals surface area (Å²) in [4.78, 5) is 26.7. The fourth-order valence-corrected chi connectivity index (χ4v) is 3.77. The molecule has 2 rings (SSSR count). The van der Waals surface area contributed by atoms with Crippen LogP contribution < -0.4 is 4.74 Å². The van der Waals surface area contributed by atoms with Crippen LogP contribution in [0.1, 0.15) is 43.5 Å². The molecule has 1 aromatic rings. The highest BCUT2D eigenvalue weighted by molar-refractivity contribution is 8.00. The van der Waals surface area contributed by atoms with E-state index in [9.17, 15) is 9.59 Å². The molecule has 1 heterocycles. The van der Waals surface area contributed by atoms with Crippen LogP contribution >= 0.6 is 11.8 Å². The number of amides is 1. The van der Waals surface area contributed by atoms with Gasteiger partial charge in [0.05, 0.1) is 12.9 Å². The van der Waals surface area contributed by atoms with E-state index >= 15 is 0 Å². The summed E-state index contributed by atoms with van der Waals surface area (Å²) in [5.41, 5.74) is 0.624. The highest BCUT2D eigenvalue weighted by atomic mass is 32.2. The first-order valence-electron chi connectivity index (χ1n) is 8.14. The van der Waals surface area contributed by atoms with Crippen LogP contribution in [0.4, 0.5) is 0 Å². The summed E-state index contributed by atoms with van der Waals surface area (Å²) in [5.74, 6) is 1.90. The second-order valence-electron chi connectivity index (χ2n) is 5.97. The Morgan fingerprint density at radius 3 is 2.83 bits per heavy atom. The molecule has 0 bridgehead atoms. The Hall–Kier alpha value is -1.49. The highest BCUT2D eigenvalue weighted by Gasteiger charge is 2.22. The molecule has 1 unspecified atom stereocenters. The van der Waals surface area contributed by atoms with Gasteiger partial charge in [-0.05, 0) is 37.8 Å². The maximum atomic E-state index is 12.4. The monoisotopic (exact) mass is 335 g/mol. The average Bonchev–Trinajstić information content (AvgIpc) is 2.59. The normalized spacial score (nSPS) is 17.9. The molecule has 4 nitrogen and oxygen atoms in total. The second kappa shape index (κ2) is 8.39. The summed E-state index contributed by atoms with van der Waals surface area (Å²) in [6.45, 7) is 5.48. The Labute approximate surface area is 142 Å². The van der Waals surface area contributed by atoms with Gasteiger partial charge in [0.15, 0.2) is 5.78 Å². The summed E-state index contributed by atoms with van der Waals surface area (Å²) in [5, 5.41) is 0. The van der Waals surface area contributed by atoms with Crippen molar-refractivity contribution in [3.8, 4) is 5.75 Å². The van der Waals surface area contributed by atoms with Gasteiger partial charge in [-0.25, -0.2) is 0 Å². The van der Waals surface area contributed by atoms with Crippen LogP contribution in [0, 0.1) is 5.92 Å². The minimum atomic E-state index is 0.00912. The lowest BCUT2D eigenvalue weighted by atomic mass is 9.96. The van der Waals surface area contributed by atoms with Crippen molar-refractivity contribution in [1.82, 2.24) is 4.90 Å². The molecule has 0 radical (unpaired) electrons. The van der Waals surface area contributed by atoms with E-state index in [2.05, 4.69) is 6.92 Å². The van der Waals surface area contributed by atoms with Crippen molar-refractivity contribution in [3.05, 3.63) is 23.8 Å². The topological polar surface area (TPSA) is 46.6 Å². The van der Waals surface area contributed by atoms with Gasteiger partial charge in [-0.15, -0.1) is 11.8 Å². The quantitative estimate of drug-likeness (QED) is 0.588. The maximum Gasteiger partial charge on any atom is 0.232 e. The average molecular weight is 335 g/mol. The van der Waals surface area contributed by atoms with Crippen molar-refractivity contribution in [2.45, 2.75) is 38.0 Å². The van der Waals surface area contributed by atoms with Gasteiger partial charge in [-0.1, -0.05) is 19.4 Å². The molecule has 23 heavy (non-hydrogen) atoms. The van der Waals surface area contributed by atoms with Crippen LogP contribution in [0.15, 0.2) is 23.1 Å². The van der Waals surface area contributed by atoms with Crippen LogP contribution in [-0.4, -0.2) is 42.5 Å². The predicted octanol–water partition coefficient (Wildman–Crippen LogP) is 3.64. The largest absolute Gasteiger partial charge is 0.496 e. The lowest BCUT2D eigenvalue weighted by molar-refractivity contribution is -0.130. The number of likely N-dealkylation sites (tertiary alicyclic amines) is 1. The Kier molecular flexibility index (Phi) is 6.51. The van der Waals surface area contributed by atoms with Crippen molar-refractivity contribution >= 4 is 23.5 Å². The van der Waals surface area contributed by atoms with Gasteiger partial charge in [-0.3, -0.25) is 9.59 Å². The lowest BCUT2D eigenvalue weighted by Gasteiger charge is -2.32. The minimum Gasteiger partial charge on any atom is -0.496 e. The molecular weight excluding hydrogens is 310 g/mol. The molecule has 0 aliphatic carbocycles. The number of ketones is 1. The summed E-state index contributed by atoms with van der Waals surface area (Å²) < 4.78 is 5.35. The maximum absolute atomic E-state index is 12.4. The fraction of sp³-hybridized carbons (Fsp3) is 0.556. The number of Topliss-reactive ketones (excluding diaryl/α,β-unsaturated/α-hetero) is 1. The number of carbonyl (C=O) groups is 2. The Balaban J connectivity index is 1.97. The third kappa shape index (κ3) is 4.74. The van der Waals surface area contributed by atoms with E-state index in [1.807, 2.05) is 11.0 Å². The van der Waals surface area contributed by atoms with E-state index in [1.54, 1.807) is 19.2 Å². The molecule has 0 saturated carbocycles. The Morgan fingerprint density at radius 1 is 1.39 bits per heavy atom. The number of piperidine rings is 1. The SMILES string of the molecule is CCC1CCCN(C(=O)CSc2ccc(C(C)=O)cc2OC)C1.